The first-order valence-electron chi connectivity index (χ1n) is 27.6. The number of nitrogens with one attached hydrogen (secondary N) is 1. The lowest BCUT2D eigenvalue weighted by Gasteiger charge is -2.40. The molecule has 1 rings (SSSR count). The van der Waals surface area contributed by atoms with E-state index in [1.807, 2.05) is 0 Å². The van der Waals surface area contributed by atoms with Gasteiger partial charge in [-0.1, -0.05) is 232 Å². The maximum absolute atomic E-state index is 13.0. The summed E-state index contributed by atoms with van der Waals surface area (Å²) in [5.74, 6) is -0.206. The molecule has 1 fully saturated rings. The number of rotatable bonds is 45. The van der Waals surface area contributed by atoms with Crippen molar-refractivity contribution in [3.8, 4) is 0 Å². The summed E-state index contributed by atoms with van der Waals surface area (Å²) in [6, 6.07) is -0.758. The van der Waals surface area contributed by atoms with Crippen LogP contribution in [0.15, 0.2) is 109 Å². The first kappa shape index (κ1) is 63.9. The van der Waals surface area contributed by atoms with Crippen LogP contribution in [0, 0.1) is 0 Å². The number of amides is 1. The van der Waals surface area contributed by atoms with E-state index in [1.165, 1.54) is 89.9 Å². The Hall–Kier alpha value is -3.15. The van der Waals surface area contributed by atoms with E-state index in [9.17, 15) is 30.3 Å². The molecule has 0 spiro atoms. The molecule has 1 aliphatic heterocycles. The molecule has 394 valence electrons. The Labute approximate surface area is 421 Å². The van der Waals surface area contributed by atoms with Crippen molar-refractivity contribution in [1.29, 1.82) is 0 Å². The first-order valence-corrected chi connectivity index (χ1v) is 27.6. The molecule has 1 aliphatic rings. The molecule has 0 aliphatic carbocycles. The highest BCUT2D eigenvalue weighted by atomic mass is 16.7. The normalized spacial score (nSPS) is 20.4. The first-order chi connectivity index (χ1) is 33.8. The van der Waals surface area contributed by atoms with Gasteiger partial charge in [-0.2, -0.15) is 0 Å². The molecule has 69 heavy (non-hydrogen) atoms. The second kappa shape index (κ2) is 48.5. The van der Waals surface area contributed by atoms with E-state index in [4.69, 9.17) is 9.47 Å². The monoisotopic (exact) mass is 964 g/mol. The zero-order chi connectivity index (χ0) is 50.1. The summed E-state index contributed by atoms with van der Waals surface area (Å²) in [7, 11) is 0. The summed E-state index contributed by atoms with van der Waals surface area (Å²) in [5, 5.41) is 54.5. The summed E-state index contributed by atoms with van der Waals surface area (Å²) in [6.45, 7) is 3.69. The van der Waals surface area contributed by atoms with Crippen molar-refractivity contribution in [2.75, 3.05) is 13.2 Å². The van der Waals surface area contributed by atoms with Crippen LogP contribution in [-0.2, 0) is 14.3 Å². The lowest BCUT2D eigenvalue weighted by Crippen LogP contribution is -2.60. The largest absolute Gasteiger partial charge is 0.394 e. The quantitative estimate of drug-likeness (QED) is 0.0261. The number of carbonyl (C=O) groups is 1. The van der Waals surface area contributed by atoms with Gasteiger partial charge in [0.2, 0.25) is 5.91 Å². The lowest BCUT2D eigenvalue weighted by molar-refractivity contribution is -0.302. The third-order valence-corrected chi connectivity index (χ3v) is 12.4. The van der Waals surface area contributed by atoms with Gasteiger partial charge < -0.3 is 40.3 Å². The molecule has 0 saturated carbocycles. The van der Waals surface area contributed by atoms with E-state index < -0.39 is 49.5 Å². The maximum Gasteiger partial charge on any atom is 0.220 e. The third-order valence-electron chi connectivity index (χ3n) is 12.4. The third kappa shape index (κ3) is 38.2. The topological polar surface area (TPSA) is 149 Å². The number of aliphatic hydroxyl groups excluding tert-OH is 5. The van der Waals surface area contributed by atoms with Crippen LogP contribution in [0.3, 0.4) is 0 Å². The van der Waals surface area contributed by atoms with Crippen LogP contribution in [0.2, 0.25) is 0 Å². The van der Waals surface area contributed by atoms with Gasteiger partial charge >= 0.3 is 0 Å². The number of aliphatic hydroxyl groups is 5. The molecule has 1 amide bonds. The summed E-state index contributed by atoms with van der Waals surface area (Å²) in [6.07, 6.45) is 63.9. The van der Waals surface area contributed by atoms with Gasteiger partial charge in [-0.05, 0) is 77.0 Å². The fourth-order valence-electron chi connectivity index (χ4n) is 8.04. The molecule has 0 radical (unpaired) electrons. The van der Waals surface area contributed by atoms with Gasteiger partial charge in [0.25, 0.3) is 0 Å². The van der Waals surface area contributed by atoms with E-state index in [-0.39, 0.29) is 18.9 Å². The molecular weight excluding hydrogens is 863 g/mol. The van der Waals surface area contributed by atoms with Gasteiger partial charge in [-0.15, -0.1) is 0 Å². The van der Waals surface area contributed by atoms with Crippen molar-refractivity contribution >= 4 is 5.91 Å². The van der Waals surface area contributed by atoms with Crippen LogP contribution in [0.4, 0.5) is 0 Å². The van der Waals surface area contributed by atoms with Crippen LogP contribution in [0.5, 0.6) is 0 Å². The summed E-state index contributed by atoms with van der Waals surface area (Å²) in [5.41, 5.74) is 0. The van der Waals surface area contributed by atoms with E-state index in [0.717, 1.165) is 83.5 Å². The Morgan fingerprint density at radius 2 is 0.884 bits per heavy atom. The lowest BCUT2D eigenvalue weighted by atomic mass is 9.99. The Balaban J connectivity index is 2.30. The number of allylic oxidation sites excluding steroid dienone is 18. The SMILES string of the molecule is CC/C=C\C/C=C\C/C=C\C/C=C\C/C=C\C/C=C\C/C=C\C/C=C\C/C=C\CCCC(=O)NC(COC1OC(CO)C(O)C(O)C1O)C(O)CCCCCCCCCCCCCCCCCCC. The van der Waals surface area contributed by atoms with Gasteiger partial charge in [-0.25, -0.2) is 0 Å². The molecule has 0 aromatic rings. The van der Waals surface area contributed by atoms with Crippen molar-refractivity contribution in [1.82, 2.24) is 5.32 Å². The van der Waals surface area contributed by atoms with E-state index >= 15 is 0 Å². The number of hydrogen-bond acceptors (Lipinski definition) is 8. The highest BCUT2D eigenvalue weighted by Crippen LogP contribution is 2.23. The molecule has 9 heteroatoms. The molecule has 9 nitrogen and oxygen atoms in total. The van der Waals surface area contributed by atoms with Crippen molar-refractivity contribution in [3.05, 3.63) is 109 Å². The molecule has 7 unspecified atom stereocenters. The van der Waals surface area contributed by atoms with Gasteiger partial charge in [0, 0.05) is 6.42 Å². The maximum atomic E-state index is 13.0. The van der Waals surface area contributed by atoms with Crippen LogP contribution >= 0.6 is 0 Å². The molecular formula is C60H101NO8. The number of carbonyl (C=O) groups excluding carboxylic acids is 1. The van der Waals surface area contributed by atoms with Crippen molar-refractivity contribution in [2.24, 2.45) is 0 Å². The fraction of sp³-hybridized carbons (Fsp3) is 0.683. The summed E-state index contributed by atoms with van der Waals surface area (Å²) in [4.78, 5) is 13.0. The Bertz CT molecular complexity index is 1440. The van der Waals surface area contributed by atoms with E-state index in [1.54, 1.807) is 0 Å². The molecule has 6 N–H and O–H groups in total. The minimum absolute atomic E-state index is 0.168. The second-order valence-corrected chi connectivity index (χ2v) is 18.6. The van der Waals surface area contributed by atoms with Crippen molar-refractivity contribution in [3.63, 3.8) is 0 Å². The highest BCUT2D eigenvalue weighted by Gasteiger charge is 2.44. The average Bonchev–Trinajstić information content (AvgIpc) is 3.35. The smallest absolute Gasteiger partial charge is 0.220 e. The van der Waals surface area contributed by atoms with Crippen LogP contribution in [0.1, 0.15) is 206 Å². The number of unbranched alkanes of at least 4 members (excludes halogenated alkanes) is 17. The Morgan fingerprint density at radius 1 is 0.507 bits per heavy atom. The second-order valence-electron chi connectivity index (χ2n) is 18.6. The zero-order valence-electron chi connectivity index (χ0n) is 43.5. The number of hydrogen-bond donors (Lipinski definition) is 6. The molecule has 1 heterocycles. The molecule has 1 saturated heterocycles. The van der Waals surface area contributed by atoms with Crippen molar-refractivity contribution < 1.29 is 39.8 Å². The fourth-order valence-corrected chi connectivity index (χ4v) is 8.04. The van der Waals surface area contributed by atoms with E-state index in [2.05, 4.69) is 129 Å². The van der Waals surface area contributed by atoms with Crippen LogP contribution < -0.4 is 5.32 Å². The zero-order valence-corrected chi connectivity index (χ0v) is 43.5. The molecule has 0 bridgehead atoms. The minimum Gasteiger partial charge on any atom is -0.394 e. The predicted octanol–water partition coefficient (Wildman–Crippen LogP) is 13.4. The average molecular weight is 964 g/mol. The summed E-state index contributed by atoms with van der Waals surface area (Å²) < 4.78 is 11.3. The van der Waals surface area contributed by atoms with Crippen LogP contribution in [0.25, 0.3) is 0 Å². The predicted molar refractivity (Wildman–Crippen MR) is 290 cm³/mol. The van der Waals surface area contributed by atoms with Gasteiger partial charge in [0.15, 0.2) is 6.29 Å². The molecule has 7 atom stereocenters. The van der Waals surface area contributed by atoms with Crippen molar-refractivity contribution in [2.45, 2.75) is 249 Å². The Kier molecular flexibility index (Phi) is 44.9. The van der Waals surface area contributed by atoms with Gasteiger partial charge in [0.05, 0.1) is 25.4 Å². The molecule has 0 aromatic carbocycles. The van der Waals surface area contributed by atoms with Gasteiger partial charge in [-0.3, -0.25) is 4.79 Å². The molecule has 0 aromatic heterocycles. The van der Waals surface area contributed by atoms with E-state index in [0.29, 0.717) is 12.8 Å². The highest BCUT2D eigenvalue weighted by molar-refractivity contribution is 5.76. The standard InChI is InChI=1S/C60H101NO8/c1-3-5-7-9-11-13-15-17-19-21-22-23-24-25-26-27-28-29-30-31-32-34-36-38-40-42-44-46-48-50-56(64)61-53(52-68-60-59(67)58(66)57(65)55(51-62)69-60)54(63)49-47-45-43-41-39-37-35-33-20-18-16-14-12-10-8-6-4-2/h5,7,11,13,17,19,22-23,25-26,28-29,31-32,36,38,42,44,53-55,57-60,62-63,65-67H,3-4,6,8-10,12,14-16,18,20-21,24,27,30,33-35,37,39-41,43,45-52H2,1-2H3,(H,61,64)/b7-5-,13-11-,19-17-,23-22-,26-25-,29-28-,32-31-,38-36-,44-42-. The van der Waals surface area contributed by atoms with Crippen LogP contribution in [-0.4, -0.2) is 87.5 Å². The number of ether oxygens (including phenoxy) is 2. The van der Waals surface area contributed by atoms with Gasteiger partial charge in [0.1, 0.15) is 24.4 Å². The minimum atomic E-state index is -1.57. The summed E-state index contributed by atoms with van der Waals surface area (Å²) >= 11 is 0. The Morgan fingerprint density at radius 3 is 1.28 bits per heavy atom.